The van der Waals surface area contributed by atoms with Crippen LogP contribution in [0.15, 0.2) is 49.0 Å². The topological polar surface area (TPSA) is 39.6 Å². The number of benzene rings is 1. The summed E-state index contributed by atoms with van der Waals surface area (Å²) in [5.41, 5.74) is 2.96. The van der Waals surface area contributed by atoms with Gasteiger partial charge in [0.2, 0.25) is 0 Å². The molecule has 0 saturated carbocycles. The number of pyridine rings is 1. The molecular weight excluding hydrogens is 322 g/mol. The smallest absolute Gasteiger partial charge is 0.141 e. The summed E-state index contributed by atoms with van der Waals surface area (Å²) in [4.78, 5) is 9.49. The second-order valence-corrected chi connectivity index (χ2v) is 6.89. The molecule has 2 aromatic rings. The normalized spacial score (nSPS) is 15.2. The molecule has 0 amide bonds. The summed E-state index contributed by atoms with van der Waals surface area (Å²) in [6, 6.07) is 14.3. The van der Waals surface area contributed by atoms with Crippen molar-refractivity contribution in [1.82, 2.24) is 9.88 Å². The predicted octanol–water partition coefficient (Wildman–Crippen LogP) is 3.97. The molecule has 0 radical (unpaired) electrons. The van der Waals surface area contributed by atoms with Crippen LogP contribution in [0.3, 0.4) is 0 Å². The molecule has 1 aromatic heterocycles. The molecule has 0 bridgehead atoms. The van der Waals surface area contributed by atoms with Gasteiger partial charge in [-0.25, -0.2) is 4.98 Å². The fourth-order valence-corrected chi connectivity index (χ4v) is 3.49. The highest BCUT2D eigenvalue weighted by Gasteiger charge is 2.16. The molecule has 4 heteroatoms. The third-order valence-corrected chi connectivity index (χ3v) is 5.05. The van der Waals surface area contributed by atoms with E-state index in [2.05, 4.69) is 51.7 Å². The van der Waals surface area contributed by atoms with Crippen molar-refractivity contribution in [1.29, 1.82) is 0 Å². The van der Waals surface area contributed by atoms with Crippen LogP contribution in [0.2, 0.25) is 0 Å². The zero-order valence-corrected chi connectivity index (χ0v) is 15.5. The van der Waals surface area contributed by atoms with E-state index in [0.29, 0.717) is 5.69 Å². The number of hydrogen-bond acceptors (Lipinski definition) is 4. The van der Waals surface area contributed by atoms with Gasteiger partial charge in [-0.2, -0.15) is 0 Å². The van der Waals surface area contributed by atoms with E-state index in [1.54, 1.807) is 12.1 Å². The van der Waals surface area contributed by atoms with Crippen LogP contribution >= 0.6 is 0 Å². The second-order valence-electron chi connectivity index (χ2n) is 6.89. The van der Waals surface area contributed by atoms with Crippen molar-refractivity contribution < 1.29 is 5.11 Å². The number of nitrogens with zero attached hydrogens (tertiary/aromatic N) is 3. The average Bonchev–Trinajstić information content (AvgIpc) is 2.70. The van der Waals surface area contributed by atoms with Crippen LogP contribution in [-0.2, 0) is 6.42 Å². The molecule has 1 N–H and O–H groups in total. The van der Waals surface area contributed by atoms with E-state index >= 15 is 0 Å². The lowest BCUT2D eigenvalue weighted by atomic mass is 10.1. The minimum absolute atomic E-state index is 0.207. The number of piperazine rings is 1. The van der Waals surface area contributed by atoms with Crippen LogP contribution in [0.25, 0.3) is 6.08 Å². The Hall–Kier alpha value is -2.33. The molecule has 1 aromatic carbocycles. The third kappa shape index (κ3) is 5.09. The van der Waals surface area contributed by atoms with E-state index in [9.17, 15) is 5.11 Å². The molecule has 1 saturated heterocycles. The number of para-hydroxylation sites is 1. The van der Waals surface area contributed by atoms with Gasteiger partial charge >= 0.3 is 0 Å². The number of rotatable bonds is 8. The molecule has 3 rings (SSSR count). The number of aromatic nitrogens is 1. The summed E-state index contributed by atoms with van der Waals surface area (Å²) >= 11 is 0. The van der Waals surface area contributed by atoms with Crippen molar-refractivity contribution in [2.75, 3.05) is 37.6 Å². The standard InChI is InChI=1S/C22H29N3O/c1-2-21-22(26)13-12-19(23-21)9-5-4-8-14-24-15-17-25(18-16-24)20-10-6-3-7-11-20/h2-3,6-7,10-13,26H,1,4-5,8-9,14-18H2. The number of hydrogen-bond donors (Lipinski definition) is 1. The first kappa shape index (κ1) is 18.5. The van der Waals surface area contributed by atoms with Gasteiger partial charge in [0.1, 0.15) is 11.4 Å². The maximum Gasteiger partial charge on any atom is 0.141 e. The van der Waals surface area contributed by atoms with Crippen molar-refractivity contribution >= 4 is 11.8 Å². The highest BCUT2D eigenvalue weighted by atomic mass is 16.3. The van der Waals surface area contributed by atoms with Gasteiger partial charge in [0, 0.05) is 37.6 Å². The van der Waals surface area contributed by atoms with Gasteiger partial charge in [-0.05, 0) is 56.1 Å². The van der Waals surface area contributed by atoms with E-state index in [-0.39, 0.29) is 5.75 Å². The van der Waals surface area contributed by atoms with Crippen LogP contribution in [0.5, 0.6) is 5.75 Å². The second kappa shape index (κ2) is 9.39. The molecule has 0 spiro atoms. The van der Waals surface area contributed by atoms with Crippen molar-refractivity contribution in [2.45, 2.75) is 25.7 Å². The lowest BCUT2D eigenvalue weighted by Gasteiger charge is -2.36. The summed E-state index contributed by atoms with van der Waals surface area (Å²) in [5, 5.41) is 9.64. The first-order valence-electron chi connectivity index (χ1n) is 9.60. The van der Waals surface area contributed by atoms with Gasteiger partial charge in [-0.15, -0.1) is 0 Å². The van der Waals surface area contributed by atoms with E-state index < -0.39 is 0 Å². The van der Waals surface area contributed by atoms with Gasteiger partial charge in [0.25, 0.3) is 0 Å². The summed E-state index contributed by atoms with van der Waals surface area (Å²) in [6.07, 6.45) is 6.15. The Morgan fingerprint density at radius 2 is 1.73 bits per heavy atom. The van der Waals surface area contributed by atoms with Crippen LogP contribution in [0.1, 0.15) is 30.7 Å². The average molecular weight is 351 g/mol. The van der Waals surface area contributed by atoms with Crippen LogP contribution in [-0.4, -0.2) is 47.7 Å². The van der Waals surface area contributed by atoms with Crippen molar-refractivity contribution in [3.05, 3.63) is 60.4 Å². The fourth-order valence-electron chi connectivity index (χ4n) is 3.49. The molecule has 2 heterocycles. The van der Waals surface area contributed by atoms with Crippen molar-refractivity contribution in [2.24, 2.45) is 0 Å². The maximum absolute atomic E-state index is 9.64. The van der Waals surface area contributed by atoms with E-state index in [1.807, 2.05) is 6.07 Å². The van der Waals surface area contributed by atoms with Gasteiger partial charge in [-0.3, -0.25) is 4.90 Å². The Balaban J connectivity index is 1.32. The molecular formula is C22H29N3O. The SMILES string of the molecule is C=Cc1nc(CCCCCN2CCN(c3ccccc3)CC2)ccc1O. The molecule has 1 aliphatic heterocycles. The number of aromatic hydroxyl groups is 1. The molecule has 1 aliphatic rings. The van der Waals surface area contributed by atoms with Crippen LogP contribution in [0.4, 0.5) is 5.69 Å². The quantitative estimate of drug-likeness (QED) is 0.731. The summed E-state index contributed by atoms with van der Waals surface area (Å²) in [5.74, 6) is 0.207. The zero-order valence-electron chi connectivity index (χ0n) is 15.5. The van der Waals surface area contributed by atoms with Gasteiger partial charge in [0.15, 0.2) is 0 Å². The van der Waals surface area contributed by atoms with Gasteiger partial charge in [-0.1, -0.05) is 31.2 Å². The molecule has 0 unspecified atom stereocenters. The van der Waals surface area contributed by atoms with E-state index in [4.69, 9.17) is 0 Å². The Bertz CT molecular complexity index is 694. The number of anilines is 1. The minimum Gasteiger partial charge on any atom is -0.506 e. The Kier molecular flexibility index (Phi) is 6.67. The largest absolute Gasteiger partial charge is 0.506 e. The Morgan fingerprint density at radius 3 is 2.46 bits per heavy atom. The van der Waals surface area contributed by atoms with Crippen LogP contribution in [0, 0.1) is 0 Å². The third-order valence-electron chi connectivity index (χ3n) is 5.05. The molecule has 0 aliphatic carbocycles. The lowest BCUT2D eigenvalue weighted by Crippen LogP contribution is -2.46. The maximum atomic E-state index is 9.64. The van der Waals surface area contributed by atoms with E-state index in [1.165, 1.54) is 25.1 Å². The Labute approximate surface area is 156 Å². The molecule has 138 valence electrons. The summed E-state index contributed by atoms with van der Waals surface area (Å²) in [7, 11) is 0. The molecule has 1 fully saturated rings. The first-order valence-corrected chi connectivity index (χ1v) is 9.60. The number of aryl methyl sites for hydroxylation is 1. The minimum atomic E-state index is 0.207. The Morgan fingerprint density at radius 1 is 0.962 bits per heavy atom. The highest BCUT2D eigenvalue weighted by molar-refractivity contribution is 5.50. The van der Waals surface area contributed by atoms with Crippen molar-refractivity contribution in [3.8, 4) is 5.75 Å². The predicted molar refractivity (Wildman–Crippen MR) is 109 cm³/mol. The van der Waals surface area contributed by atoms with Gasteiger partial charge in [0.05, 0.1) is 0 Å². The van der Waals surface area contributed by atoms with E-state index in [0.717, 1.165) is 44.7 Å². The fraction of sp³-hybridized carbons (Fsp3) is 0.409. The van der Waals surface area contributed by atoms with Crippen molar-refractivity contribution in [3.63, 3.8) is 0 Å². The monoisotopic (exact) mass is 351 g/mol. The summed E-state index contributed by atoms with van der Waals surface area (Å²) in [6.45, 7) is 9.41. The zero-order chi connectivity index (χ0) is 18.2. The summed E-state index contributed by atoms with van der Waals surface area (Å²) < 4.78 is 0. The van der Waals surface area contributed by atoms with Crippen LogP contribution < -0.4 is 4.90 Å². The first-order chi connectivity index (χ1) is 12.8. The molecule has 26 heavy (non-hydrogen) atoms. The van der Waals surface area contributed by atoms with Gasteiger partial charge < -0.3 is 10.0 Å². The number of unbranched alkanes of at least 4 members (excludes halogenated alkanes) is 2. The highest BCUT2D eigenvalue weighted by Crippen LogP contribution is 2.18. The molecule has 0 atom stereocenters. The molecule has 4 nitrogen and oxygen atoms in total. The lowest BCUT2D eigenvalue weighted by molar-refractivity contribution is 0.252.